The minimum absolute atomic E-state index is 0.824. The van der Waals surface area contributed by atoms with Gasteiger partial charge in [0.15, 0.2) is 0 Å². The number of methoxy groups -OCH3 is 2. The molecule has 0 amide bonds. The Morgan fingerprint density at radius 1 is 0.667 bits per heavy atom. The normalized spacial score (nSPS) is 11.5. The molecule has 0 saturated carbocycles. The molecule has 0 spiro atoms. The first-order chi connectivity index (χ1) is 10.3. The van der Waals surface area contributed by atoms with Crippen molar-refractivity contribution in [2.24, 2.45) is 0 Å². The van der Waals surface area contributed by atoms with Gasteiger partial charge in [0.1, 0.15) is 8.07 Å². The summed E-state index contributed by atoms with van der Waals surface area (Å²) in [7, 11) is 1.88. The SMILES string of the molecule is COC[Si](COC)(Cc1ccccc1)Cc1ccccc1. The molecular weight excluding hydrogens is 276 g/mol. The molecule has 2 aromatic rings. The lowest BCUT2D eigenvalue weighted by Crippen LogP contribution is -2.50. The minimum Gasteiger partial charge on any atom is -0.388 e. The summed E-state index contributed by atoms with van der Waals surface area (Å²) in [5.74, 6) is 0. The Bertz CT molecular complexity index is 464. The molecule has 3 heteroatoms. The molecule has 2 nitrogen and oxygen atoms in total. The van der Waals surface area contributed by atoms with E-state index in [1.54, 1.807) is 14.2 Å². The van der Waals surface area contributed by atoms with Crippen LogP contribution in [0.3, 0.4) is 0 Å². The van der Waals surface area contributed by atoms with Gasteiger partial charge in [0, 0.05) is 26.7 Å². The third-order valence-electron chi connectivity index (χ3n) is 3.74. The number of rotatable bonds is 8. The Balaban J connectivity index is 2.23. The summed E-state index contributed by atoms with van der Waals surface area (Å²) in [5.41, 5.74) is 2.77. The van der Waals surface area contributed by atoms with Gasteiger partial charge in [-0.25, -0.2) is 0 Å². The molecule has 0 aliphatic carbocycles. The van der Waals surface area contributed by atoms with E-state index in [0.717, 1.165) is 24.5 Å². The maximum absolute atomic E-state index is 5.59. The molecule has 0 aromatic heterocycles. The Morgan fingerprint density at radius 3 is 1.38 bits per heavy atom. The van der Waals surface area contributed by atoms with Crippen LogP contribution in [0.5, 0.6) is 0 Å². The smallest absolute Gasteiger partial charge is 0.121 e. The predicted molar refractivity (Wildman–Crippen MR) is 89.8 cm³/mol. The zero-order chi connectivity index (χ0) is 15.0. The second-order valence-electron chi connectivity index (χ2n) is 5.69. The molecule has 2 rings (SSSR count). The first-order valence-electron chi connectivity index (χ1n) is 7.34. The Morgan fingerprint density at radius 2 is 1.05 bits per heavy atom. The molecular formula is C18H24O2Si. The fourth-order valence-corrected chi connectivity index (χ4v) is 7.02. The van der Waals surface area contributed by atoms with Crippen LogP contribution in [0.15, 0.2) is 60.7 Å². The highest BCUT2D eigenvalue weighted by Gasteiger charge is 2.34. The van der Waals surface area contributed by atoms with Gasteiger partial charge in [-0.1, -0.05) is 71.8 Å². The van der Waals surface area contributed by atoms with E-state index in [4.69, 9.17) is 9.47 Å². The summed E-state index contributed by atoms with van der Waals surface area (Å²) in [5, 5.41) is 0. The number of benzene rings is 2. The van der Waals surface area contributed by atoms with Crippen LogP contribution in [0.2, 0.25) is 0 Å². The second-order valence-corrected chi connectivity index (χ2v) is 9.98. The maximum Gasteiger partial charge on any atom is 0.121 e. The van der Waals surface area contributed by atoms with Gasteiger partial charge in [0.2, 0.25) is 0 Å². The number of hydrogen-bond acceptors (Lipinski definition) is 2. The first-order valence-corrected chi connectivity index (χ1v) is 10.2. The van der Waals surface area contributed by atoms with Gasteiger partial charge in [-0.2, -0.15) is 0 Å². The fraction of sp³-hybridized carbons (Fsp3) is 0.333. The molecule has 0 N–H and O–H groups in total. The molecule has 2 aromatic carbocycles. The minimum atomic E-state index is -1.72. The van der Waals surface area contributed by atoms with Crippen LogP contribution in [0.25, 0.3) is 0 Å². The molecule has 0 atom stereocenters. The summed E-state index contributed by atoms with van der Waals surface area (Å²) in [4.78, 5) is 0. The Kier molecular flexibility index (Phi) is 6.17. The zero-order valence-electron chi connectivity index (χ0n) is 12.9. The van der Waals surface area contributed by atoms with Crippen molar-refractivity contribution in [1.29, 1.82) is 0 Å². The molecule has 0 unspecified atom stereocenters. The lowest BCUT2D eigenvalue weighted by molar-refractivity contribution is 0.214. The monoisotopic (exact) mass is 300 g/mol. The van der Waals surface area contributed by atoms with E-state index in [1.807, 2.05) is 0 Å². The summed E-state index contributed by atoms with van der Waals surface area (Å²) in [6.07, 6.45) is 1.65. The van der Waals surface area contributed by atoms with Crippen molar-refractivity contribution < 1.29 is 9.47 Å². The van der Waals surface area contributed by atoms with Crippen LogP contribution in [0, 0.1) is 0 Å². The second kappa shape index (κ2) is 8.13. The summed E-state index contributed by atoms with van der Waals surface area (Å²) >= 11 is 0. The Labute approximate surface area is 128 Å². The van der Waals surface area contributed by atoms with Crippen LogP contribution in [-0.4, -0.2) is 34.8 Å². The van der Waals surface area contributed by atoms with Crippen molar-refractivity contribution in [2.75, 3.05) is 26.7 Å². The number of hydrogen-bond donors (Lipinski definition) is 0. The molecule has 0 bridgehead atoms. The average Bonchev–Trinajstić information content (AvgIpc) is 2.50. The molecule has 21 heavy (non-hydrogen) atoms. The van der Waals surface area contributed by atoms with Crippen molar-refractivity contribution in [3.63, 3.8) is 0 Å². The van der Waals surface area contributed by atoms with Crippen molar-refractivity contribution in [3.05, 3.63) is 71.8 Å². The van der Waals surface area contributed by atoms with E-state index in [2.05, 4.69) is 60.7 Å². The van der Waals surface area contributed by atoms with Crippen molar-refractivity contribution in [1.82, 2.24) is 0 Å². The van der Waals surface area contributed by atoms with E-state index in [0.29, 0.717) is 0 Å². The van der Waals surface area contributed by atoms with Crippen LogP contribution in [-0.2, 0) is 21.6 Å². The lowest BCUT2D eigenvalue weighted by atomic mass is 10.2. The van der Waals surface area contributed by atoms with Gasteiger partial charge in [0.05, 0.1) is 0 Å². The first kappa shape index (κ1) is 16.0. The van der Waals surface area contributed by atoms with Crippen molar-refractivity contribution in [2.45, 2.75) is 12.1 Å². The predicted octanol–water partition coefficient (Wildman–Crippen LogP) is 3.37. The summed E-state index contributed by atoms with van der Waals surface area (Å²) in [6, 6.07) is 23.6. The highest BCUT2D eigenvalue weighted by atomic mass is 28.3. The topological polar surface area (TPSA) is 18.5 Å². The molecule has 112 valence electrons. The zero-order valence-corrected chi connectivity index (χ0v) is 13.9. The maximum atomic E-state index is 5.59. The molecule has 0 aliphatic rings. The summed E-state index contributed by atoms with van der Waals surface area (Å²) < 4.78 is 11.2. The van der Waals surface area contributed by atoms with Crippen LogP contribution in [0.1, 0.15) is 11.1 Å². The van der Waals surface area contributed by atoms with E-state index >= 15 is 0 Å². The fourth-order valence-electron chi connectivity index (χ4n) is 2.98. The molecule has 0 radical (unpaired) electrons. The Hall–Kier alpha value is -1.42. The standard InChI is InChI=1S/C18H24O2Si/c1-19-15-21(16-20-2,13-17-9-5-3-6-10-17)14-18-11-7-4-8-12-18/h3-12H,13-16H2,1-2H3. The van der Waals surface area contributed by atoms with Crippen molar-refractivity contribution in [3.8, 4) is 0 Å². The molecule has 0 fully saturated rings. The van der Waals surface area contributed by atoms with E-state index < -0.39 is 8.07 Å². The van der Waals surface area contributed by atoms with Gasteiger partial charge < -0.3 is 9.47 Å². The van der Waals surface area contributed by atoms with Gasteiger partial charge in [0.25, 0.3) is 0 Å². The van der Waals surface area contributed by atoms with Crippen LogP contribution < -0.4 is 0 Å². The summed E-state index contributed by atoms with van der Waals surface area (Å²) in [6.45, 7) is 0. The quantitative estimate of drug-likeness (QED) is 0.696. The van der Waals surface area contributed by atoms with E-state index in [-0.39, 0.29) is 0 Å². The van der Waals surface area contributed by atoms with Gasteiger partial charge in [-0.3, -0.25) is 0 Å². The third-order valence-corrected chi connectivity index (χ3v) is 7.86. The average molecular weight is 300 g/mol. The third kappa shape index (κ3) is 4.81. The van der Waals surface area contributed by atoms with Gasteiger partial charge in [-0.15, -0.1) is 0 Å². The highest BCUT2D eigenvalue weighted by Crippen LogP contribution is 2.19. The molecule has 0 heterocycles. The van der Waals surface area contributed by atoms with Crippen LogP contribution in [0.4, 0.5) is 0 Å². The lowest BCUT2D eigenvalue weighted by Gasteiger charge is -2.30. The van der Waals surface area contributed by atoms with E-state index in [9.17, 15) is 0 Å². The van der Waals surface area contributed by atoms with Crippen LogP contribution >= 0.6 is 0 Å². The van der Waals surface area contributed by atoms with E-state index in [1.165, 1.54) is 11.1 Å². The number of ether oxygens (including phenoxy) is 2. The molecule has 0 aliphatic heterocycles. The molecule has 0 saturated heterocycles. The van der Waals surface area contributed by atoms with Crippen molar-refractivity contribution >= 4 is 8.07 Å². The van der Waals surface area contributed by atoms with Gasteiger partial charge in [-0.05, 0) is 12.1 Å². The van der Waals surface area contributed by atoms with Gasteiger partial charge >= 0.3 is 0 Å². The largest absolute Gasteiger partial charge is 0.388 e. The highest BCUT2D eigenvalue weighted by molar-refractivity contribution is 6.78.